The highest BCUT2D eigenvalue weighted by Gasteiger charge is 2.15. The van der Waals surface area contributed by atoms with Crippen LogP contribution in [0.4, 0.5) is 5.69 Å². The zero-order valence-electron chi connectivity index (χ0n) is 16.2. The molecule has 0 bridgehead atoms. The Morgan fingerprint density at radius 3 is 2.23 bits per heavy atom. The largest absolute Gasteiger partial charge is 0.369 e. The van der Waals surface area contributed by atoms with Crippen LogP contribution in [0.5, 0.6) is 0 Å². The van der Waals surface area contributed by atoms with E-state index in [0.717, 1.165) is 41.8 Å². The number of amides is 1. The minimum Gasteiger partial charge on any atom is -0.369 e. The van der Waals surface area contributed by atoms with Gasteiger partial charge in [-0.15, -0.1) is 23.2 Å². The summed E-state index contributed by atoms with van der Waals surface area (Å²) >= 11 is 11.7. The molecule has 3 N–H and O–H groups in total. The van der Waals surface area contributed by atoms with Crippen LogP contribution in [-0.2, 0) is 11.2 Å². The summed E-state index contributed by atoms with van der Waals surface area (Å²) in [5.41, 5.74) is 8.17. The average molecular weight is 408 g/mol. The first-order valence-corrected chi connectivity index (χ1v) is 10.1. The monoisotopic (exact) mass is 407 g/mol. The molecule has 0 unspecified atom stereocenters. The highest BCUT2D eigenvalue weighted by Crippen LogP contribution is 2.16. The smallest absolute Gasteiger partial charge is 0.237 e. The standard InChI is InChI=1S/C19H32Cl2N4O/c1-25(2,3)14-4-11-23-19(26)18(22)15-16-5-7-17(8-6-16)24(12-9-20)13-10-21/h5-8,18H,4,9-15,22H2,1-3H3/p+1/t18-/m0/s1/i9+1,10+1,12+1,13+1. The van der Waals surface area contributed by atoms with E-state index in [1.807, 2.05) is 24.3 Å². The van der Waals surface area contributed by atoms with Crippen molar-refractivity contribution in [2.24, 2.45) is 5.73 Å². The summed E-state index contributed by atoms with van der Waals surface area (Å²) in [5, 5.41) is 2.93. The summed E-state index contributed by atoms with van der Waals surface area (Å²) < 4.78 is 0.888. The van der Waals surface area contributed by atoms with E-state index in [1.54, 1.807) is 0 Å². The number of hydrogen-bond acceptors (Lipinski definition) is 3. The fourth-order valence-electron chi connectivity index (χ4n) is 2.66. The Morgan fingerprint density at radius 1 is 1.15 bits per heavy atom. The molecule has 5 nitrogen and oxygen atoms in total. The number of anilines is 1. The fraction of sp³-hybridized carbons (Fsp3) is 0.632. The summed E-state index contributed by atoms with van der Waals surface area (Å²) in [7, 11) is 6.41. The maximum absolute atomic E-state index is 12.1. The summed E-state index contributed by atoms with van der Waals surface area (Å²) in [6, 6.07) is 7.54. The van der Waals surface area contributed by atoms with E-state index in [-0.39, 0.29) is 5.91 Å². The third-order valence-corrected chi connectivity index (χ3v) is 4.45. The number of benzene rings is 1. The number of quaternary nitrogens is 1. The third-order valence-electron chi connectivity index (χ3n) is 4.11. The van der Waals surface area contributed by atoms with Gasteiger partial charge in [0.1, 0.15) is 0 Å². The predicted octanol–water partition coefficient (Wildman–Crippen LogP) is 2.05. The second kappa shape index (κ2) is 11.7. The molecule has 26 heavy (non-hydrogen) atoms. The number of nitrogens with one attached hydrogen (secondary N) is 1. The SMILES string of the molecule is C[N+](C)(C)CCCNC(=O)[C@@H](N)Cc1ccc(N([13CH2][13CH2]Cl)[13CH2][13CH2]Cl)cc1. The minimum absolute atomic E-state index is 0.0959. The Morgan fingerprint density at radius 2 is 1.73 bits per heavy atom. The van der Waals surface area contributed by atoms with E-state index in [9.17, 15) is 4.79 Å². The van der Waals surface area contributed by atoms with Crippen molar-refractivity contribution in [1.82, 2.24) is 5.32 Å². The molecule has 0 aliphatic carbocycles. The molecule has 0 fully saturated rings. The number of nitrogens with zero attached hydrogens (tertiary/aromatic N) is 2. The molecule has 1 rings (SSSR count). The van der Waals surface area contributed by atoms with E-state index in [1.165, 1.54) is 0 Å². The molecular formula is C19H33Cl2N4O+. The molecule has 0 heterocycles. The molecule has 0 spiro atoms. The Kier molecular flexibility index (Phi) is 10.3. The van der Waals surface area contributed by atoms with Gasteiger partial charge >= 0.3 is 0 Å². The molecule has 0 aromatic heterocycles. The Balaban J connectivity index is 2.48. The average Bonchev–Trinajstić information content (AvgIpc) is 2.58. The van der Waals surface area contributed by atoms with Crippen LogP contribution in [0.1, 0.15) is 12.0 Å². The molecule has 0 radical (unpaired) electrons. The number of nitrogens with two attached hydrogens (primary N) is 1. The van der Waals surface area contributed by atoms with Crippen molar-refractivity contribution in [3.63, 3.8) is 0 Å². The zero-order valence-corrected chi connectivity index (χ0v) is 17.7. The lowest BCUT2D eigenvalue weighted by Gasteiger charge is -2.24. The minimum atomic E-state index is -0.535. The summed E-state index contributed by atoms with van der Waals surface area (Å²) in [6.07, 6.45) is 1.46. The van der Waals surface area contributed by atoms with Gasteiger partial charge in [0.25, 0.3) is 0 Å². The first-order valence-electron chi connectivity index (χ1n) is 9.06. The van der Waals surface area contributed by atoms with E-state index in [0.29, 0.717) is 24.7 Å². The van der Waals surface area contributed by atoms with Crippen LogP contribution >= 0.6 is 23.2 Å². The summed E-state index contributed by atoms with van der Waals surface area (Å²) in [6.45, 7) is 3.18. The fourth-order valence-corrected chi connectivity index (χ4v) is 3.07. The van der Waals surface area contributed by atoms with Crippen LogP contribution in [0.25, 0.3) is 0 Å². The van der Waals surface area contributed by atoms with Gasteiger partial charge in [0.2, 0.25) is 5.91 Å². The first-order chi connectivity index (χ1) is 12.3. The van der Waals surface area contributed by atoms with Crippen molar-refractivity contribution in [3.05, 3.63) is 29.8 Å². The number of carbonyl (C=O) groups is 1. The van der Waals surface area contributed by atoms with Crippen LogP contribution in [0.15, 0.2) is 24.3 Å². The van der Waals surface area contributed by atoms with Gasteiger partial charge in [-0.2, -0.15) is 0 Å². The maximum atomic E-state index is 12.1. The highest BCUT2D eigenvalue weighted by molar-refractivity contribution is 6.18. The van der Waals surface area contributed by atoms with E-state index in [4.69, 9.17) is 28.9 Å². The predicted molar refractivity (Wildman–Crippen MR) is 112 cm³/mol. The van der Waals surface area contributed by atoms with E-state index < -0.39 is 6.04 Å². The van der Waals surface area contributed by atoms with Crippen molar-refractivity contribution >= 4 is 34.8 Å². The normalized spacial score (nSPS) is 12.7. The molecule has 1 atom stereocenters. The van der Waals surface area contributed by atoms with Crippen molar-refractivity contribution in [3.8, 4) is 0 Å². The molecule has 1 aromatic rings. The Labute approximate surface area is 168 Å². The van der Waals surface area contributed by atoms with Crippen molar-refractivity contribution in [2.45, 2.75) is 18.9 Å². The molecule has 0 saturated carbocycles. The van der Waals surface area contributed by atoms with E-state index >= 15 is 0 Å². The van der Waals surface area contributed by atoms with Gasteiger partial charge in [0.15, 0.2) is 0 Å². The lowest BCUT2D eigenvalue weighted by Crippen LogP contribution is -2.43. The lowest BCUT2D eigenvalue weighted by atomic mass is 10.1. The molecule has 148 valence electrons. The Bertz CT molecular complexity index is 525. The second-order valence-corrected chi connectivity index (χ2v) is 8.26. The van der Waals surface area contributed by atoms with Gasteiger partial charge in [-0.1, -0.05) is 12.1 Å². The van der Waals surface area contributed by atoms with Gasteiger partial charge in [0.05, 0.1) is 33.7 Å². The number of alkyl halides is 2. The summed E-state index contributed by atoms with van der Waals surface area (Å²) in [4.78, 5) is 14.3. The van der Waals surface area contributed by atoms with Crippen LogP contribution in [0.3, 0.4) is 0 Å². The second-order valence-electron chi connectivity index (χ2n) is 7.50. The van der Waals surface area contributed by atoms with Crippen LogP contribution in [0.2, 0.25) is 0 Å². The van der Waals surface area contributed by atoms with Crippen LogP contribution in [0, 0.1) is 0 Å². The van der Waals surface area contributed by atoms with Crippen molar-refractivity contribution in [1.29, 1.82) is 0 Å². The highest BCUT2D eigenvalue weighted by atomic mass is 35.5. The summed E-state index contributed by atoms with van der Waals surface area (Å²) in [5.74, 6) is 1.01. The van der Waals surface area contributed by atoms with Gasteiger partial charge in [-0.3, -0.25) is 4.79 Å². The quantitative estimate of drug-likeness (QED) is 0.241. The first kappa shape index (κ1) is 23.0. The van der Waals surface area contributed by atoms with Gasteiger partial charge in [0, 0.05) is 43.5 Å². The molecule has 0 aliphatic rings. The lowest BCUT2D eigenvalue weighted by molar-refractivity contribution is -0.870. The molecule has 0 saturated heterocycles. The third kappa shape index (κ3) is 9.08. The number of hydrogen-bond donors (Lipinski definition) is 2. The van der Waals surface area contributed by atoms with Gasteiger partial charge in [-0.05, 0) is 24.1 Å². The van der Waals surface area contributed by atoms with Crippen molar-refractivity contribution < 1.29 is 9.28 Å². The van der Waals surface area contributed by atoms with Crippen LogP contribution < -0.4 is 16.0 Å². The topological polar surface area (TPSA) is 58.4 Å². The number of halogens is 2. The van der Waals surface area contributed by atoms with Gasteiger partial charge < -0.3 is 20.4 Å². The molecule has 0 aliphatic heterocycles. The molecular weight excluding hydrogens is 375 g/mol. The van der Waals surface area contributed by atoms with Gasteiger partial charge in [-0.25, -0.2) is 0 Å². The molecule has 1 amide bonds. The number of rotatable bonds is 12. The molecule has 1 aromatic carbocycles. The Hall–Kier alpha value is -1.01. The van der Waals surface area contributed by atoms with Crippen LogP contribution in [-0.4, -0.2) is 75.5 Å². The number of carbonyl (C=O) groups excluding carboxylic acids is 1. The maximum Gasteiger partial charge on any atom is 0.237 e. The molecule has 7 heteroatoms. The van der Waals surface area contributed by atoms with Crippen molar-refractivity contribution in [2.75, 3.05) is 64.0 Å². The zero-order chi connectivity index (χ0) is 19.6. The van der Waals surface area contributed by atoms with E-state index in [2.05, 4.69) is 31.4 Å².